The molecule has 2 heterocycles. The van der Waals surface area contributed by atoms with Gasteiger partial charge in [-0.3, -0.25) is 0 Å². The maximum Gasteiger partial charge on any atom is 0.573 e. The molecule has 41 heavy (non-hydrogen) atoms. The highest BCUT2D eigenvalue weighted by Crippen LogP contribution is 2.35. The van der Waals surface area contributed by atoms with Crippen molar-refractivity contribution in [2.75, 3.05) is 0 Å². The van der Waals surface area contributed by atoms with Gasteiger partial charge in [-0.2, -0.15) is 13.2 Å². The Kier molecular flexibility index (Phi) is 7.02. The summed E-state index contributed by atoms with van der Waals surface area (Å²) in [7, 11) is -2.97. The quantitative estimate of drug-likeness (QED) is 0.196. The zero-order valence-electron chi connectivity index (χ0n) is 20.1. The number of benzene rings is 3. The molecule has 0 aliphatic heterocycles. The molecule has 5 rings (SSSR count). The van der Waals surface area contributed by atoms with E-state index in [-0.39, 0.29) is 33.0 Å². The van der Waals surface area contributed by atoms with Gasteiger partial charge in [0.2, 0.25) is 0 Å². The van der Waals surface area contributed by atoms with E-state index in [0.29, 0.717) is 6.20 Å². The van der Waals surface area contributed by atoms with Crippen molar-refractivity contribution in [3.05, 3.63) is 90.9 Å². The fraction of sp³-hybridized carbons (Fsp3) is 0.0800. The molecule has 0 bridgehead atoms. The van der Waals surface area contributed by atoms with Crippen molar-refractivity contribution in [2.45, 2.75) is 17.4 Å². The summed E-state index contributed by atoms with van der Waals surface area (Å²) in [6.07, 6.45) is -7.20. The summed E-state index contributed by atoms with van der Waals surface area (Å²) in [5.41, 5.74) is -1.03. The number of halogens is 7. The molecule has 8 nitrogen and oxygen atoms in total. The van der Waals surface area contributed by atoms with Gasteiger partial charge in [-0.1, -0.05) is 17.3 Å². The van der Waals surface area contributed by atoms with Crippen LogP contribution in [0.2, 0.25) is 0 Å². The Labute approximate surface area is 227 Å². The van der Waals surface area contributed by atoms with Crippen LogP contribution in [0, 0.1) is 5.82 Å². The standard InChI is InChI=1S/C25H14F7N5O3S/c26-19-9-16(15-2-1-3-18(8-15)41(38)39)10-20(23(19)36-12-22(33-13-36)24(27,28)29)37-21(11-34-35-37)14-4-6-17(7-5-14)40-25(30,31)32/h1-13,41H. The normalized spacial score (nSPS) is 12.2. The van der Waals surface area contributed by atoms with Gasteiger partial charge in [0, 0.05) is 11.8 Å². The van der Waals surface area contributed by atoms with Gasteiger partial charge in [-0.15, -0.1) is 18.3 Å². The maximum atomic E-state index is 15.7. The van der Waals surface area contributed by atoms with Gasteiger partial charge in [0.1, 0.15) is 23.6 Å². The largest absolute Gasteiger partial charge is 0.573 e. The van der Waals surface area contributed by atoms with Gasteiger partial charge in [0.15, 0.2) is 16.4 Å². The van der Waals surface area contributed by atoms with E-state index in [1.807, 2.05) is 0 Å². The van der Waals surface area contributed by atoms with Crippen LogP contribution >= 0.6 is 0 Å². The summed E-state index contributed by atoms with van der Waals surface area (Å²) in [4.78, 5) is 3.25. The molecule has 0 saturated carbocycles. The van der Waals surface area contributed by atoms with E-state index in [1.54, 1.807) is 0 Å². The second kappa shape index (κ2) is 10.3. The number of alkyl halides is 6. The van der Waals surface area contributed by atoms with Crippen LogP contribution in [-0.4, -0.2) is 39.3 Å². The smallest absolute Gasteiger partial charge is 0.406 e. The lowest BCUT2D eigenvalue weighted by molar-refractivity contribution is -0.274. The van der Waals surface area contributed by atoms with E-state index in [1.165, 1.54) is 48.7 Å². The molecular weight excluding hydrogens is 583 g/mol. The van der Waals surface area contributed by atoms with Crippen molar-refractivity contribution in [3.8, 4) is 39.5 Å². The fourth-order valence-electron chi connectivity index (χ4n) is 4.00. The Morgan fingerprint density at radius 2 is 1.59 bits per heavy atom. The summed E-state index contributed by atoms with van der Waals surface area (Å²) in [6.45, 7) is 0. The minimum Gasteiger partial charge on any atom is -0.406 e. The number of imidazole rings is 1. The van der Waals surface area contributed by atoms with E-state index in [9.17, 15) is 34.8 Å². The van der Waals surface area contributed by atoms with Crippen molar-refractivity contribution in [1.29, 1.82) is 0 Å². The van der Waals surface area contributed by atoms with E-state index in [4.69, 9.17) is 0 Å². The molecule has 0 aliphatic rings. The van der Waals surface area contributed by atoms with Gasteiger partial charge in [0.05, 0.1) is 22.5 Å². The molecular formula is C25H14F7N5O3S. The molecule has 0 N–H and O–H groups in total. The molecule has 0 aliphatic carbocycles. The summed E-state index contributed by atoms with van der Waals surface area (Å²) >= 11 is 0. The highest BCUT2D eigenvalue weighted by atomic mass is 32.2. The molecule has 0 saturated heterocycles. The molecule has 0 spiro atoms. The Balaban J connectivity index is 1.69. The van der Waals surface area contributed by atoms with Crippen molar-refractivity contribution < 1.29 is 43.9 Å². The molecule has 0 fully saturated rings. The first-order valence-electron chi connectivity index (χ1n) is 11.3. The maximum absolute atomic E-state index is 15.7. The van der Waals surface area contributed by atoms with Crippen LogP contribution in [0.1, 0.15) is 5.69 Å². The lowest BCUT2D eigenvalue weighted by Gasteiger charge is -2.16. The number of nitrogens with zero attached hydrogens (tertiary/aromatic N) is 5. The van der Waals surface area contributed by atoms with E-state index in [2.05, 4.69) is 20.0 Å². The van der Waals surface area contributed by atoms with Crippen LogP contribution in [0.3, 0.4) is 0 Å². The number of aromatic nitrogens is 5. The predicted molar refractivity (Wildman–Crippen MR) is 130 cm³/mol. The molecule has 212 valence electrons. The molecule has 5 aromatic rings. The summed E-state index contributed by atoms with van der Waals surface area (Å²) in [6, 6.07) is 12.5. The molecule has 2 aromatic heterocycles. The molecule has 0 amide bonds. The third-order valence-corrected chi connectivity index (χ3v) is 6.43. The lowest BCUT2D eigenvalue weighted by atomic mass is 10.0. The zero-order valence-corrected chi connectivity index (χ0v) is 21.0. The monoisotopic (exact) mass is 597 g/mol. The van der Waals surface area contributed by atoms with E-state index >= 15 is 4.39 Å². The fourth-order valence-corrected chi connectivity index (χ4v) is 4.45. The van der Waals surface area contributed by atoms with Gasteiger partial charge in [0.25, 0.3) is 0 Å². The highest BCUT2D eigenvalue weighted by molar-refractivity contribution is 7.72. The van der Waals surface area contributed by atoms with Gasteiger partial charge >= 0.3 is 12.5 Å². The number of thiol groups is 1. The van der Waals surface area contributed by atoms with Crippen LogP contribution in [0.25, 0.3) is 33.8 Å². The second-order valence-corrected chi connectivity index (χ2v) is 9.43. The van der Waals surface area contributed by atoms with Crippen LogP contribution in [0.5, 0.6) is 5.75 Å². The van der Waals surface area contributed by atoms with E-state index < -0.39 is 46.2 Å². The summed E-state index contributed by atoms with van der Waals surface area (Å²) < 4.78 is 122. The number of ether oxygens (including phenoxy) is 1. The van der Waals surface area contributed by atoms with E-state index in [0.717, 1.165) is 33.8 Å². The SMILES string of the molecule is O=[SH](=O)c1cccc(-c2cc(F)c(-n3cnc(C(F)(F)F)c3)c(-n3nncc3-c3ccc(OC(F)(F)F)cc3)c2)c1. The molecule has 0 radical (unpaired) electrons. The Bertz CT molecular complexity index is 1800. The summed E-state index contributed by atoms with van der Waals surface area (Å²) in [5, 5.41) is 7.74. The zero-order chi connectivity index (χ0) is 29.5. The molecule has 16 heteroatoms. The van der Waals surface area contributed by atoms with Crippen LogP contribution in [0.4, 0.5) is 30.7 Å². The first-order valence-corrected chi connectivity index (χ1v) is 12.4. The van der Waals surface area contributed by atoms with Gasteiger partial charge in [-0.25, -0.2) is 22.5 Å². The minimum absolute atomic E-state index is 0.0597. The van der Waals surface area contributed by atoms with Crippen LogP contribution < -0.4 is 4.74 Å². The minimum atomic E-state index is -4.92. The second-order valence-electron chi connectivity index (χ2n) is 8.40. The van der Waals surface area contributed by atoms with Crippen LogP contribution in [-0.2, 0) is 16.9 Å². The van der Waals surface area contributed by atoms with Crippen molar-refractivity contribution in [1.82, 2.24) is 24.5 Å². The van der Waals surface area contributed by atoms with Gasteiger partial charge < -0.3 is 9.30 Å². The topological polar surface area (TPSA) is 91.9 Å². The highest BCUT2D eigenvalue weighted by Gasteiger charge is 2.34. The average molecular weight is 597 g/mol. The number of rotatable bonds is 6. The third-order valence-electron chi connectivity index (χ3n) is 5.73. The Hall–Kier alpha value is -4.73. The van der Waals surface area contributed by atoms with Crippen molar-refractivity contribution >= 4 is 10.7 Å². The predicted octanol–water partition coefficient (Wildman–Crippen LogP) is 5.81. The number of hydrogen-bond acceptors (Lipinski definition) is 6. The lowest BCUT2D eigenvalue weighted by Crippen LogP contribution is -2.17. The molecule has 3 aromatic carbocycles. The van der Waals surface area contributed by atoms with Gasteiger partial charge in [-0.05, 0) is 59.7 Å². The first-order chi connectivity index (χ1) is 19.3. The molecule has 0 unspecified atom stereocenters. The van der Waals surface area contributed by atoms with Crippen LogP contribution in [0.15, 0.2) is 84.3 Å². The first kappa shape index (κ1) is 27.8. The summed E-state index contributed by atoms with van der Waals surface area (Å²) in [5.74, 6) is -1.53. The Morgan fingerprint density at radius 3 is 2.22 bits per heavy atom. The number of hydrogen-bond donors (Lipinski definition) is 1. The molecule has 0 atom stereocenters. The average Bonchev–Trinajstić information content (AvgIpc) is 3.58. The Morgan fingerprint density at radius 1 is 0.854 bits per heavy atom. The van der Waals surface area contributed by atoms with Crippen molar-refractivity contribution in [3.63, 3.8) is 0 Å². The van der Waals surface area contributed by atoms with Crippen molar-refractivity contribution in [2.24, 2.45) is 0 Å². The third kappa shape index (κ3) is 5.91.